The Morgan fingerprint density at radius 2 is 2.19 bits per heavy atom. The molecule has 0 aliphatic heterocycles. The summed E-state index contributed by atoms with van der Waals surface area (Å²) in [5.41, 5.74) is 1.24. The molecular formula is C15H14N2O4. The molecule has 6 heteroatoms. The first-order valence-electron chi connectivity index (χ1n) is 6.23. The normalized spacial score (nSPS) is 10.7. The molecular weight excluding hydrogens is 272 g/mol. The van der Waals surface area contributed by atoms with Crippen LogP contribution in [-0.4, -0.2) is 27.7 Å². The van der Waals surface area contributed by atoms with Gasteiger partial charge in [-0.3, -0.25) is 4.79 Å². The van der Waals surface area contributed by atoms with Gasteiger partial charge in [0.2, 0.25) is 0 Å². The highest BCUT2D eigenvalue weighted by Gasteiger charge is 1.99. The molecule has 1 heterocycles. The lowest BCUT2D eigenvalue weighted by atomic mass is 10.2. The Labute approximate surface area is 120 Å². The smallest absolute Gasteiger partial charge is 0.341 e. The summed E-state index contributed by atoms with van der Waals surface area (Å²) in [6, 6.07) is 8.37. The van der Waals surface area contributed by atoms with E-state index in [9.17, 15) is 9.59 Å². The summed E-state index contributed by atoms with van der Waals surface area (Å²) in [5.74, 6) is -0.111. The number of nitrogens with zero attached hydrogens (tertiary/aromatic N) is 1. The number of hydrogen-bond acceptors (Lipinski definition) is 4. The first kappa shape index (κ1) is 14.5. The number of hydrogen-bond donors (Lipinski definition) is 2. The lowest BCUT2D eigenvalue weighted by Crippen LogP contribution is -2.09. The third-order valence-corrected chi connectivity index (χ3v) is 2.54. The van der Waals surface area contributed by atoms with Crippen LogP contribution >= 0.6 is 0 Å². The quantitative estimate of drug-likeness (QED) is 0.873. The number of carboxylic acid groups (broad SMARTS) is 1. The van der Waals surface area contributed by atoms with E-state index in [0.717, 1.165) is 5.56 Å². The summed E-state index contributed by atoms with van der Waals surface area (Å²) in [6.45, 7) is 1.35. The van der Waals surface area contributed by atoms with Crippen molar-refractivity contribution in [1.82, 2.24) is 9.97 Å². The molecule has 0 bridgehead atoms. The van der Waals surface area contributed by atoms with Gasteiger partial charge in [-0.2, -0.15) is 0 Å². The van der Waals surface area contributed by atoms with Gasteiger partial charge < -0.3 is 14.8 Å². The Kier molecular flexibility index (Phi) is 4.50. The van der Waals surface area contributed by atoms with Crippen LogP contribution in [0.2, 0.25) is 0 Å². The molecule has 6 nitrogen and oxygen atoms in total. The number of ether oxygens (including phenoxy) is 1. The van der Waals surface area contributed by atoms with Gasteiger partial charge in [0, 0.05) is 11.8 Å². The van der Waals surface area contributed by atoms with E-state index in [1.54, 1.807) is 37.3 Å². The van der Waals surface area contributed by atoms with Crippen molar-refractivity contribution in [3.05, 3.63) is 57.8 Å². The molecule has 0 aliphatic rings. The Morgan fingerprint density at radius 1 is 1.38 bits per heavy atom. The van der Waals surface area contributed by atoms with E-state index in [4.69, 9.17) is 9.84 Å². The zero-order chi connectivity index (χ0) is 15.2. The highest BCUT2D eigenvalue weighted by Crippen LogP contribution is 2.15. The molecule has 2 aromatic rings. The van der Waals surface area contributed by atoms with E-state index in [0.29, 0.717) is 17.3 Å². The molecule has 0 atom stereocenters. The summed E-state index contributed by atoms with van der Waals surface area (Å²) in [7, 11) is 0. The zero-order valence-corrected chi connectivity index (χ0v) is 11.4. The SMILES string of the molecule is Cc1cc(=O)[nH]c(/C=C/c2cccc(OCC(=O)O)c2)n1. The molecule has 0 saturated carbocycles. The maximum Gasteiger partial charge on any atom is 0.341 e. The fourth-order valence-corrected chi connectivity index (χ4v) is 1.71. The van der Waals surface area contributed by atoms with Crippen LogP contribution in [0.1, 0.15) is 17.1 Å². The fraction of sp³-hybridized carbons (Fsp3) is 0.133. The molecule has 1 aromatic carbocycles. The number of carboxylic acids is 1. The Balaban J connectivity index is 2.15. The summed E-state index contributed by atoms with van der Waals surface area (Å²) >= 11 is 0. The molecule has 0 unspecified atom stereocenters. The molecule has 1 aromatic heterocycles. The maximum absolute atomic E-state index is 11.3. The molecule has 21 heavy (non-hydrogen) atoms. The van der Waals surface area contributed by atoms with Crippen LogP contribution in [0, 0.1) is 6.92 Å². The number of benzene rings is 1. The number of rotatable bonds is 5. The van der Waals surface area contributed by atoms with Gasteiger partial charge in [-0.1, -0.05) is 18.2 Å². The number of aryl methyl sites for hydroxylation is 1. The lowest BCUT2D eigenvalue weighted by Gasteiger charge is -2.03. The van der Waals surface area contributed by atoms with Crippen molar-refractivity contribution in [1.29, 1.82) is 0 Å². The number of carbonyl (C=O) groups is 1. The molecule has 2 N–H and O–H groups in total. The summed E-state index contributed by atoms with van der Waals surface area (Å²) in [5, 5.41) is 8.57. The van der Waals surface area contributed by atoms with E-state index in [2.05, 4.69) is 9.97 Å². The molecule has 0 saturated heterocycles. The van der Waals surface area contributed by atoms with Gasteiger partial charge >= 0.3 is 5.97 Å². The Bertz CT molecular complexity index is 734. The standard InChI is InChI=1S/C15H14N2O4/c1-10-7-14(18)17-13(16-10)6-5-11-3-2-4-12(8-11)21-9-15(19)20/h2-8H,9H2,1H3,(H,19,20)(H,16,17,18)/b6-5+. The molecule has 0 spiro atoms. The van der Waals surface area contributed by atoms with E-state index >= 15 is 0 Å². The minimum absolute atomic E-state index is 0.208. The van der Waals surface area contributed by atoms with Gasteiger partial charge in [-0.25, -0.2) is 9.78 Å². The fourth-order valence-electron chi connectivity index (χ4n) is 1.71. The third kappa shape index (κ3) is 4.61. The van der Waals surface area contributed by atoms with Crippen LogP contribution in [0.5, 0.6) is 5.75 Å². The third-order valence-electron chi connectivity index (χ3n) is 2.54. The van der Waals surface area contributed by atoms with Crippen molar-refractivity contribution < 1.29 is 14.6 Å². The molecule has 0 radical (unpaired) electrons. The maximum atomic E-state index is 11.3. The van der Waals surface area contributed by atoms with Crippen LogP contribution in [0.15, 0.2) is 35.1 Å². The van der Waals surface area contributed by atoms with Crippen LogP contribution in [0.3, 0.4) is 0 Å². The van der Waals surface area contributed by atoms with Gasteiger partial charge in [0.15, 0.2) is 6.61 Å². The highest BCUT2D eigenvalue weighted by molar-refractivity contribution is 5.69. The van der Waals surface area contributed by atoms with Crippen LogP contribution < -0.4 is 10.3 Å². The summed E-state index contributed by atoms with van der Waals surface area (Å²) < 4.78 is 5.09. The molecule has 0 aliphatic carbocycles. The average molecular weight is 286 g/mol. The average Bonchev–Trinajstić information content (AvgIpc) is 2.42. The monoisotopic (exact) mass is 286 g/mol. The zero-order valence-electron chi connectivity index (χ0n) is 11.4. The van der Waals surface area contributed by atoms with Crippen LogP contribution in [0.4, 0.5) is 0 Å². The molecule has 108 valence electrons. The largest absolute Gasteiger partial charge is 0.482 e. The second kappa shape index (κ2) is 6.51. The number of aromatic nitrogens is 2. The number of nitrogens with one attached hydrogen (secondary N) is 1. The highest BCUT2D eigenvalue weighted by atomic mass is 16.5. The van der Waals surface area contributed by atoms with Gasteiger partial charge in [-0.15, -0.1) is 0 Å². The molecule has 0 fully saturated rings. The summed E-state index contributed by atoms with van der Waals surface area (Å²) in [4.78, 5) is 28.6. The minimum Gasteiger partial charge on any atom is -0.482 e. The van der Waals surface area contributed by atoms with E-state index in [1.807, 2.05) is 6.07 Å². The number of H-pyrrole nitrogens is 1. The van der Waals surface area contributed by atoms with Gasteiger partial charge in [0.25, 0.3) is 5.56 Å². The van der Waals surface area contributed by atoms with Gasteiger partial charge in [0.1, 0.15) is 11.6 Å². The van der Waals surface area contributed by atoms with Crippen LogP contribution in [0.25, 0.3) is 12.2 Å². The number of aromatic amines is 1. The first-order valence-corrected chi connectivity index (χ1v) is 6.23. The van der Waals surface area contributed by atoms with Crippen molar-refractivity contribution in [3.63, 3.8) is 0 Å². The minimum atomic E-state index is -1.03. The predicted molar refractivity (Wildman–Crippen MR) is 78.1 cm³/mol. The van der Waals surface area contributed by atoms with E-state index in [-0.39, 0.29) is 12.2 Å². The summed E-state index contributed by atoms with van der Waals surface area (Å²) in [6.07, 6.45) is 3.43. The number of aliphatic carboxylic acids is 1. The first-order chi connectivity index (χ1) is 10.0. The molecule has 0 amide bonds. The van der Waals surface area contributed by atoms with Crippen molar-refractivity contribution >= 4 is 18.1 Å². The van der Waals surface area contributed by atoms with Crippen molar-refractivity contribution in [3.8, 4) is 5.75 Å². The second-order valence-electron chi connectivity index (χ2n) is 4.36. The van der Waals surface area contributed by atoms with Crippen molar-refractivity contribution in [2.45, 2.75) is 6.92 Å². The predicted octanol–water partition coefficient (Wildman–Crippen LogP) is 1.71. The molecule has 2 rings (SSSR count). The topological polar surface area (TPSA) is 92.3 Å². The lowest BCUT2D eigenvalue weighted by molar-refractivity contribution is -0.139. The van der Waals surface area contributed by atoms with Gasteiger partial charge in [-0.05, 0) is 30.7 Å². The van der Waals surface area contributed by atoms with E-state index in [1.165, 1.54) is 6.07 Å². The van der Waals surface area contributed by atoms with Crippen molar-refractivity contribution in [2.75, 3.05) is 6.61 Å². The van der Waals surface area contributed by atoms with Crippen molar-refractivity contribution in [2.24, 2.45) is 0 Å². The Hall–Kier alpha value is -2.89. The van der Waals surface area contributed by atoms with Crippen LogP contribution in [-0.2, 0) is 4.79 Å². The van der Waals surface area contributed by atoms with E-state index < -0.39 is 5.97 Å². The van der Waals surface area contributed by atoms with Gasteiger partial charge in [0.05, 0.1) is 0 Å². The Morgan fingerprint density at radius 3 is 2.90 bits per heavy atom. The second-order valence-corrected chi connectivity index (χ2v) is 4.36.